The maximum absolute atomic E-state index is 3.87. The summed E-state index contributed by atoms with van der Waals surface area (Å²) in [5, 5.41) is 7.07. The SMILES string of the molecule is CCCCCCNc1cc[n+](C(Br)CCCCCC(Br)[n+]2ccc(NCCCCCC)cc2)cc1. The first-order chi connectivity index (χ1) is 17.1. The average Bonchev–Trinajstić information content (AvgIpc) is 2.88. The first-order valence-corrected chi connectivity index (χ1v) is 15.7. The molecule has 2 aromatic heterocycles. The lowest BCUT2D eigenvalue weighted by Crippen LogP contribution is -2.35. The van der Waals surface area contributed by atoms with E-state index in [0.717, 1.165) is 25.9 Å². The van der Waals surface area contributed by atoms with Gasteiger partial charge in [0.1, 0.15) is 0 Å². The summed E-state index contributed by atoms with van der Waals surface area (Å²) in [5.41, 5.74) is 2.43. The zero-order chi connectivity index (χ0) is 25.1. The molecule has 0 aliphatic rings. The molecule has 2 N–H and O–H groups in total. The molecule has 0 fully saturated rings. The fourth-order valence-corrected chi connectivity index (χ4v) is 5.35. The van der Waals surface area contributed by atoms with Crippen molar-refractivity contribution in [3.05, 3.63) is 49.1 Å². The first-order valence-electron chi connectivity index (χ1n) is 13.9. The van der Waals surface area contributed by atoms with Crippen molar-refractivity contribution in [3.8, 4) is 0 Å². The van der Waals surface area contributed by atoms with Gasteiger partial charge in [-0.15, -0.1) is 0 Å². The van der Waals surface area contributed by atoms with Crippen molar-refractivity contribution in [1.29, 1.82) is 0 Å². The third kappa shape index (κ3) is 13.1. The highest BCUT2D eigenvalue weighted by Gasteiger charge is 2.16. The zero-order valence-corrected chi connectivity index (χ0v) is 25.2. The van der Waals surface area contributed by atoms with Crippen LogP contribution in [0.5, 0.6) is 0 Å². The van der Waals surface area contributed by atoms with Gasteiger partial charge in [0.2, 0.25) is 9.90 Å². The lowest BCUT2D eigenvalue weighted by molar-refractivity contribution is -0.698. The number of aromatic nitrogens is 2. The summed E-state index contributed by atoms with van der Waals surface area (Å²) in [6.07, 6.45) is 25.1. The van der Waals surface area contributed by atoms with E-state index in [9.17, 15) is 0 Å². The van der Waals surface area contributed by atoms with Crippen molar-refractivity contribution in [2.45, 2.75) is 107 Å². The number of halogens is 2. The number of nitrogens with zero attached hydrogens (tertiary/aromatic N) is 2. The van der Waals surface area contributed by atoms with E-state index in [-0.39, 0.29) is 0 Å². The van der Waals surface area contributed by atoms with Crippen molar-refractivity contribution >= 4 is 43.2 Å². The molecular formula is C29H48Br2N4+2. The third-order valence-corrected chi connectivity index (χ3v) is 8.32. The second-order valence-electron chi connectivity index (χ2n) is 9.55. The number of nitrogens with one attached hydrogen (secondary N) is 2. The minimum atomic E-state index is 0.359. The molecule has 2 atom stereocenters. The van der Waals surface area contributed by atoms with Crippen LogP contribution in [-0.2, 0) is 0 Å². The van der Waals surface area contributed by atoms with Crippen molar-refractivity contribution in [1.82, 2.24) is 0 Å². The standard InChI is InChI=1S/C29H46Br2N4/c1-3-5-7-12-20-32-26-16-22-34(23-17-26)28(30)14-10-9-11-15-29(31)35-24-18-27(19-25-35)33-21-13-8-6-4-2/h16-19,22-25,28-29H,3-15,20-21H2,1-2H3/p+2. The lowest BCUT2D eigenvalue weighted by Gasteiger charge is -2.09. The summed E-state index contributed by atoms with van der Waals surface area (Å²) in [5.74, 6) is 0. The fraction of sp³-hybridized carbons (Fsp3) is 0.655. The summed E-state index contributed by atoms with van der Waals surface area (Å²) in [6, 6.07) is 8.75. The van der Waals surface area contributed by atoms with Gasteiger partial charge in [-0.05, 0) is 57.5 Å². The van der Waals surface area contributed by atoms with Gasteiger partial charge in [-0.2, -0.15) is 9.13 Å². The van der Waals surface area contributed by atoms with E-state index in [4.69, 9.17) is 0 Å². The van der Waals surface area contributed by atoms with Crippen LogP contribution < -0.4 is 19.8 Å². The van der Waals surface area contributed by atoms with Crippen LogP contribution in [0.3, 0.4) is 0 Å². The predicted octanol–water partition coefficient (Wildman–Crippen LogP) is 8.68. The van der Waals surface area contributed by atoms with E-state index < -0.39 is 0 Å². The van der Waals surface area contributed by atoms with Crippen LogP contribution in [0.4, 0.5) is 11.4 Å². The fourth-order valence-electron chi connectivity index (χ4n) is 4.15. The maximum Gasteiger partial charge on any atom is 0.211 e. The quantitative estimate of drug-likeness (QED) is 0.0891. The Morgan fingerprint density at radius 2 is 0.943 bits per heavy atom. The smallest absolute Gasteiger partial charge is 0.211 e. The van der Waals surface area contributed by atoms with E-state index in [1.807, 2.05) is 0 Å². The van der Waals surface area contributed by atoms with Crippen LogP contribution in [0.1, 0.15) is 107 Å². The predicted molar refractivity (Wildman–Crippen MR) is 158 cm³/mol. The molecule has 4 nitrogen and oxygen atoms in total. The van der Waals surface area contributed by atoms with Gasteiger partial charge in [-0.1, -0.05) is 58.8 Å². The molecule has 35 heavy (non-hydrogen) atoms. The van der Waals surface area contributed by atoms with E-state index in [1.54, 1.807) is 0 Å². The second-order valence-corrected chi connectivity index (χ2v) is 11.7. The molecule has 6 heteroatoms. The topological polar surface area (TPSA) is 31.8 Å². The molecule has 2 rings (SSSR count). The largest absolute Gasteiger partial charge is 0.385 e. The highest BCUT2D eigenvalue weighted by molar-refractivity contribution is 9.09. The van der Waals surface area contributed by atoms with E-state index in [0.29, 0.717) is 9.90 Å². The molecular weight excluding hydrogens is 564 g/mol. The average molecular weight is 613 g/mol. The Kier molecular flexibility index (Phi) is 16.4. The van der Waals surface area contributed by atoms with Gasteiger partial charge in [0, 0.05) is 61.6 Å². The molecule has 196 valence electrons. The molecule has 0 aliphatic carbocycles. The number of unbranched alkanes of at least 4 members (excludes halogenated alkanes) is 8. The monoisotopic (exact) mass is 610 g/mol. The number of anilines is 2. The molecule has 0 saturated heterocycles. The van der Waals surface area contributed by atoms with E-state index >= 15 is 0 Å². The van der Waals surface area contributed by atoms with Crippen LogP contribution >= 0.6 is 31.9 Å². The summed E-state index contributed by atoms with van der Waals surface area (Å²) < 4.78 is 4.54. The van der Waals surface area contributed by atoms with Crippen LogP contribution in [0.25, 0.3) is 0 Å². The summed E-state index contributed by atoms with van der Waals surface area (Å²) in [4.78, 5) is 0.717. The molecule has 0 aromatic carbocycles. The molecule has 0 aliphatic heterocycles. The van der Waals surface area contributed by atoms with Gasteiger partial charge in [-0.25, -0.2) is 0 Å². The molecule has 0 spiro atoms. The summed E-state index contributed by atoms with van der Waals surface area (Å²) >= 11 is 7.74. The first kappa shape index (κ1) is 30.1. The van der Waals surface area contributed by atoms with Gasteiger partial charge >= 0.3 is 0 Å². The van der Waals surface area contributed by atoms with Crippen LogP contribution in [0.2, 0.25) is 0 Å². The number of hydrogen-bond acceptors (Lipinski definition) is 2. The Balaban J connectivity index is 1.58. The van der Waals surface area contributed by atoms with Gasteiger partial charge in [-0.3, -0.25) is 0 Å². The highest BCUT2D eigenvalue weighted by atomic mass is 79.9. The summed E-state index contributed by atoms with van der Waals surface area (Å²) in [6.45, 7) is 6.64. The number of rotatable bonds is 20. The molecule has 2 unspecified atom stereocenters. The number of alkyl halides is 2. The molecule has 0 bridgehead atoms. The molecule has 2 aromatic rings. The third-order valence-electron chi connectivity index (χ3n) is 6.46. The Morgan fingerprint density at radius 3 is 1.31 bits per heavy atom. The Bertz CT molecular complexity index is 702. The Hall–Kier alpha value is -1.14. The number of pyridine rings is 2. The second kappa shape index (κ2) is 19.0. The van der Waals surface area contributed by atoms with Crippen molar-refractivity contribution in [2.75, 3.05) is 23.7 Å². The Morgan fingerprint density at radius 1 is 0.571 bits per heavy atom. The minimum absolute atomic E-state index is 0.359. The van der Waals surface area contributed by atoms with Crippen LogP contribution in [0, 0.1) is 0 Å². The highest BCUT2D eigenvalue weighted by Crippen LogP contribution is 2.21. The molecule has 0 amide bonds. The summed E-state index contributed by atoms with van der Waals surface area (Å²) in [7, 11) is 0. The van der Waals surface area contributed by atoms with Crippen molar-refractivity contribution in [3.63, 3.8) is 0 Å². The van der Waals surface area contributed by atoms with Gasteiger partial charge in [0.25, 0.3) is 0 Å². The molecule has 0 radical (unpaired) electrons. The van der Waals surface area contributed by atoms with Crippen molar-refractivity contribution < 1.29 is 9.13 Å². The number of hydrogen-bond donors (Lipinski definition) is 2. The van der Waals surface area contributed by atoms with Crippen LogP contribution in [-0.4, -0.2) is 13.1 Å². The van der Waals surface area contributed by atoms with Crippen LogP contribution in [0.15, 0.2) is 49.1 Å². The lowest BCUT2D eigenvalue weighted by atomic mass is 10.1. The molecule has 2 heterocycles. The van der Waals surface area contributed by atoms with E-state index in [2.05, 4.69) is 115 Å². The van der Waals surface area contributed by atoms with E-state index in [1.165, 1.54) is 82.0 Å². The Labute approximate surface area is 231 Å². The minimum Gasteiger partial charge on any atom is -0.385 e. The van der Waals surface area contributed by atoms with Gasteiger partial charge < -0.3 is 10.6 Å². The van der Waals surface area contributed by atoms with Crippen molar-refractivity contribution in [2.24, 2.45) is 0 Å². The maximum atomic E-state index is 3.87. The zero-order valence-electron chi connectivity index (χ0n) is 22.0. The normalized spacial score (nSPS) is 12.9. The van der Waals surface area contributed by atoms with Gasteiger partial charge in [0.15, 0.2) is 24.8 Å². The molecule has 0 saturated carbocycles. The van der Waals surface area contributed by atoms with Gasteiger partial charge in [0.05, 0.1) is 0 Å².